The Bertz CT molecular complexity index is 1100. The highest BCUT2D eigenvalue weighted by atomic mass is 35.5. The molecule has 168 valence electrons. The second kappa shape index (κ2) is 11.4. The van der Waals surface area contributed by atoms with Gasteiger partial charge >= 0.3 is 6.09 Å². The van der Waals surface area contributed by atoms with E-state index in [4.69, 9.17) is 21.1 Å². The lowest BCUT2D eigenvalue weighted by Gasteiger charge is -2.11. The maximum Gasteiger partial charge on any atom is 0.411 e. The van der Waals surface area contributed by atoms with E-state index in [0.29, 0.717) is 36.9 Å². The summed E-state index contributed by atoms with van der Waals surface area (Å²) in [5.41, 5.74) is 3.95. The van der Waals surface area contributed by atoms with E-state index in [9.17, 15) is 10.1 Å². The number of anilines is 1. The molecule has 0 radical (unpaired) electrons. The number of halogens is 1. The fourth-order valence-corrected chi connectivity index (χ4v) is 3.69. The first kappa shape index (κ1) is 23.5. The number of ether oxygens (including phenoxy) is 2. The SMILES string of the molecule is CCCCOC(=O)Nc1ccc(-c2c(C#N)c3ccc(OCCCCl)cc3n2CC)cc1. The number of amides is 1. The quantitative estimate of drug-likeness (QED) is 0.278. The van der Waals surface area contributed by atoms with Crippen LogP contribution < -0.4 is 10.1 Å². The van der Waals surface area contributed by atoms with Crippen molar-refractivity contribution in [3.63, 3.8) is 0 Å². The molecule has 3 aromatic rings. The van der Waals surface area contributed by atoms with Crippen molar-refractivity contribution in [1.82, 2.24) is 4.57 Å². The smallest absolute Gasteiger partial charge is 0.411 e. The van der Waals surface area contributed by atoms with E-state index < -0.39 is 6.09 Å². The zero-order valence-corrected chi connectivity index (χ0v) is 19.2. The molecule has 0 atom stereocenters. The van der Waals surface area contributed by atoms with Gasteiger partial charge in [0.2, 0.25) is 0 Å². The number of hydrogen-bond acceptors (Lipinski definition) is 4. The van der Waals surface area contributed by atoms with E-state index >= 15 is 0 Å². The van der Waals surface area contributed by atoms with Gasteiger partial charge in [0, 0.05) is 29.6 Å². The Morgan fingerprint density at radius 2 is 1.91 bits per heavy atom. The van der Waals surface area contributed by atoms with Gasteiger partial charge in [-0.3, -0.25) is 5.32 Å². The summed E-state index contributed by atoms with van der Waals surface area (Å²) in [6.07, 6.45) is 2.11. The Kier molecular flexibility index (Phi) is 8.41. The fourth-order valence-electron chi connectivity index (χ4n) is 3.58. The predicted molar refractivity (Wildman–Crippen MR) is 128 cm³/mol. The van der Waals surface area contributed by atoms with Crippen molar-refractivity contribution in [2.24, 2.45) is 0 Å². The van der Waals surface area contributed by atoms with Crippen molar-refractivity contribution in [3.8, 4) is 23.1 Å². The van der Waals surface area contributed by atoms with Gasteiger partial charge < -0.3 is 14.0 Å². The summed E-state index contributed by atoms with van der Waals surface area (Å²) >= 11 is 5.74. The highest BCUT2D eigenvalue weighted by Gasteiger charge is 2.18. The van der Waals surface area contributed by atoms with Gasteiger partial charge in [0.25, 0.3) is 0 Å². The van der Waals surface area contributed by atoms with Crippen LogP contribution in [-0.4, -0.2) is 29.8 Å². The molecule has 0 unspecified atom stereocenters. The Morgan fingerprint density at radius 3 is 2.56 bits per heavy atom. The van der Waals surface area contributed by atoms with E-state index in [-0.39, 0.29) is 0 Å². The minimum absolute atomic E-state index is 0.403. The lowest BCUT2D eigenvalue weighted by Crippen LogP contribution is -2.14. The third-order valence-corrected chi connectivity index (χ3v) is 5.41. The molecule has 1 heterocycles. The van der Waals surface area contributed by atoms with Gasteiger partial charge in [0.05, 0.1) is 30.0 Å². The number of nitriles is 1. The number of alkyl halides is 1. The third-order valence-electron chi connectivity index (χ3n) is 5.15. The van der Waals surface area contributed by atoms with Crippen LogP contribution in [0.15, 0.2) is 42.5 Å². The highest BCUT2D eigenvalue weighted by molar-refractivity contribution is 6.17. The zero-order chi connectivity index (χ0) is 22.9. The van der Waals surface area contributed by atoms with Gasteiger partial charge in [0.15, 0.2) is 0 Å². The van der Waals surface area contributed by atoms with Crippen molar-refractivity contribution in [1.29, 1.82) is 5.26 Å². The van der Waals surface area contributed by atoms with Crippen molar-refractivity contribution < 1.29 is 14.3 Å². The Hall–Kier alpha value is -3.17. The van der Waals surface area contributed by atoms with Gasteiger partial charge in [0.1, 0.15) is 11.8 Å². The zero-order valence-electron chi connectivity index (χ0n) is 18.5. The molecule has 0 saturated carbocycles. The maximum atomic E-state index is 11.9. The lowest BCUT2D eigenvalue weighted by molar-refractivity contribution is 0.160. The molecule has 1 amide bonds. The van der Waals surface area contributed by atoms with Crippen LogP contribution in [0.25, 0.3) is 22.2 Å². The Morgan fingerprint density at radius 1 is 1.12 bits per heavy atom. The molecule has 0 bridgehead atoms. The molecule has 6 nitrogen and oxygen atoms in total. The maximum absolute atomic E-state index is 11.9. The Balaban J connectivity index is 1.90. The second-order valence-electron chi connectivity index (χ2n) is 7.34. The van der Waals surface area contributed by atoms with Crippen molar-refractivity contribution in [3.05, 3.63) is 48.0 Å². The number of aryl methyl sites for hydroxylation is 1. The molecule has 3 rings (SSSR count). The summed E-state index contributed by atoms with van der Waals surface area (Å²) in [6.45, 7) is 5.74. The molecule has 0 saturated heterocycles. The second-order valence-corrected chi connectivity index (χ2v) is 7.72. The number of hydrogen-bond donors (Lipinski definition) is 1. The number of nitrogens with zero attached hydrogens (tertiary/aromatic N) is 2. The predicted octanol–water partition coefficient (Wildman–Crippen LogP) is 6.56. The number of benzene rings is 2. The van der Waals surface area contributed by atoms with E-state index in [2.05, 4.69) is 16.0 Å². The molecule has 0 spiro atoms. The van der Waals surface area contributed by atoms with Gasteiger partial charge in [-0.15, -0.1) is 11.6 Å². The number of nitrogens with one attached hydrogen (secondary N) is 1. The number of rotatable bonds is 10. The number of aromatic nitrogens is 1. The van der Waals surface area contributed by atoms with Crippen molar-refractivity contribution in [2.45, 2.75) is 39.7 Å². The molecular weight excluding hydrogens is 426 g/mol. The van der Waals surface area contributed by atoms with Crippen LogP contribution in [0, 0.1) is 11.3 Å². The summed E-state index contributed by atoms with van der Waals surface area (Å²) < 4.78 is 13.1. The first-order valence-electron chi connectivity index (χ1n) is 10.9. The minimum Gasteiger partial charge on any atom is -0.493 e. The molecule has 0 aliphatic carbocycles. The average Bonchev–Trinajstić information content (AvgIpc) is 3.12. The summed E-state index contributed by atoms with van der Waals surface area (Å²) in [6, 6.07) is 15.6. The molecule has 32 heavy (non-hydrogen) atoms. The van der Waals surface area contributed by atoms with E-state index in [1.807, 2.05) is 56.3 Å². The van der Waals surface area contributed by atoms with Crippen LogP contribution in [0.2, 0.25) is 0 Å². The van der Waals surface area contributed by atoms with Crippen LogP contribution >= 0.6 is 11.6 Å². The van der Waals surface area contributed by atoms with E-state index in [0.717, 1.165) is 47.2 Å². The topological polar surface area (TPSA) is 76.3 Å². The average molecular weight is 454 g/mol. The molecule has 0 aliphatic rings. The normalized spacial score (nSPS) is 10.7. The van der Waals surface area contributed by atoms with Gasteiger partial charge in [-0.05, 0) is 49.6 Å². The van der Waals surface area contributed by atoms with Gasteiger partial charge in [-0.25, -0.2) is 4.79 Å². The summed E-state index contributed by atoms with van der Waals surface area (Å²) in [7, 11) is 0. The standard InChI is InChI=1S/C25H28ClN3O3/c1-3-5-14-32-25(30)28-19-9-7-18(8-10-19)24-22(17-27)21-12-11-20(31-15-6-13-26)16-23(21)29(24)4-2/h7-12,16H,3-6,13-15H2,1-2H3,(H,28,30). The number of unbranched alkanes of at least 4 members (excludes halogenated alkanes) is 1. The summed E-state index contributed by atoms with van der Waals surface area (Å²) in [5.74, 6) is 1.31. The Labute approximate surface area is 193 Å². The first-order chi connectivity index (χ1) is 15.6. The van der Waals surface area contributed by atoms with Crippen LogP contribution in [-0.2, 0) is 11.3 Å². The van der Waals surface area contributed by atoms with Crippen LogP contribution in [0.5, 0.6) is 5.75 Å². The van der Waals surface area contributed by atoms with E-state index in [1.165, 1.54) is 0 Å². The lowest BCUT2D eigenvalue weighted by atomic mass is 10.1. The molecule has 0 aliphatic heterocycles. The van der Waals surface area contributed by atoms with Crippen molar-refractivity contribution >= 4 is 34.3 Å². The number of fused-ring (bicyclic) bond motifs is 1. The highest BCUT2D eigenvalue weighted by Crippen LogP contribution is 2.35. The van der Waals surface area contributed by atoms with Crippen molar-refractivity contribution in [2.75, 3.05) is 24.4 Å². The summed E-state index contributed by atoms with van der Waals surface area (Å²) in [4.78, 5) is 11.9. The van der Waals surface area contributed by atoms with Gasteiger partial charge in [-0.1, -0.05) is 25.5 Å². The summed E-state index contributed by atoms with van der Waals surface area (Å²) in [5, 5.41) is 13.5. The minimum atomic E-state index is -0.465. The molecule has 0 fully saturated rings. The fraction of sp³-hybridized carbons (Fsp3) is 0.360. The molecular formula is C25H28ClN3O3. The largest absolute Gasteiger partial charge is 0.493 e. The first-order valence-corrected chi connectivity index (χ1v) is 11.5. The number of carbonyl (C=O) groups excluding carboxylic acids is 1. The number of carbonyl (C=O) groups is 1. The molecule has 1 aromatic heterocycles. The van der Waals surface area contributed by atoms with Crippen LogP contribution in [0.1, 0.15) is 38.7 Å². The monoisotopic (exact) mass is 453 g/mol. The molecule has 7 heteroatoms. The third kappa shape index (κ3) is 5.35. The van der Waals surface area contributed by atoms with E-state index in [1.54, 1.807) is 0 Å². The molecule has 1 N–H and O–H groups in total. The van der Waals surface area contributed by atoms with Crippen LogP contribution in [0.3, 0.4) is 0 Å². The van der Waals surface area contributed by atoms with Crippen LogP contribution in [0.4, 0.5) is 10.5 Å². The molecule has 2 aromatic carbocycles. The van der Waals surface area contributed by atoms with Gasteiger partial charge in [-0.2, -0.15) is 5.26 Å².